The summed E-state index contributed by atoms with van der Waals surface area (Å²) < 4.78 is 0. The Bertz CT molecular complexity index is 2010. The molecule has 350 valence electrons. The van der Waals surface area contributed by atoms with Gasteiger partial charge in [0.25, 0.3) is 0 Å². The molecule has 24 heteroatoms. The Kier molecular flexibility index (Phi) is 20.6. The number of nitrogens with one attached hydrogen (secondary N) is 7. The lowest BCUT2D eigenvalue weighted by Gasteiger charge is -2.29. The van der Waals surface area contributed by atoms with E-state index < -0.39 is 133 Å². The van der Waals surface area contributed by atoms with Gasteiger partial charge in [0.15, 0.2) is 0 Å². The van der Waals surface area contributed by atoms with Gasteiger partial charge in [0.1, 0.15) is 53.8 Å². The number of amides is 8. The molecule has 2 unspecified atom stereocenters. The maximum absolute atomic E-state index is 14.2. The Morgan fingerprint density at radius 1 is 0.516 bits per heavy atom. The number of primary amides is 1. The number of hydrogen-bond donors (Lipinski definition) is 14. The molecule has 0 aliphatic carbocycles. The van der Waals surface area contributed by atoms with Gasteiger partial charge in [-0.25, -0.2) is 0 Å². The van der Waals surface area contributed by atoms with Crippen molar-refractivity contribution in [1.82, 2.24) is 37.2 Å². The van der Waals surface area contributed by atoms with Gasteiger partial charge in [0, 0.05) is 26.2 Å². The molecule has 2 aromatic rings. The molecule has 0 saturated heterocycles. The van der Waals surface area contributed by atoms with E-state index in [0.717, 1.165) is 20.8 Å². The van der Waals surface area contributed by atoms with Crippen molar-refractivity contribution in [1.29, 1.82) is 0 Å². The van der Waals surface area contributed by atoms with Crippen LogP contribution in [0.5, 0.6) is 11.5 Å². The van der Waals surface area contributed by atoms with Crippen molar-refractivity contribution in [2.75, 3.05) is 0 Å². The Morgan fingerprint density at radius 3 is 1.27 bits per heavy atom. The number of phenolic OH excluding ortho intramolecular Hbond substituents is 2. The highest BCUT2D eigenvalue weighted by Gasteiger charge is 2.36. The number of phenols is 2. The summed E-state index contributed by atoms with van der Waals surface area (Å²) in [7, 11) is 0. The van der Waals surface area contributed by atoms with Crippen LogP contribution in [-0.2, 0) is 60.8 Å². The fourth-order valence-corrected chi connectivity index (χ4v) is 5.87. The van der Waals surface area contributed by atoms with Gasteiger partial charge < -0.3 is 73.6 Å². The first-order valence-corrected chi connectivity index (χ1v) is 19.6. The van der Waals surface area contributed by atoms with E-state index in [1.165, 1.54) is 55.5 Å². The zero-order chi connectivity index (χ0) is 48.4. The van der Waals surface area contributed by atoms with Crippen molar-refractivity contribution >= 4 is 59.2 Å². The quantitative estimate of drug-likeness (QED) is 0.0450. The SMILES string of the molecule is CC(=O)N[C@@H](C)C(=O)N[C@@H](CCC(=O)O)C(=O)NC(C(=O)N[C@@H](Cc1ccc(O)cc1)C(=O)N[C@@H](Cc1ccc(O)cc1)C(=O)NC(C(=O)N[C@@H](CC(=O)O)C(N)=O)[C@@H](C)O)[C@@H](C)O. The van der Waals surface area contributed by atoms with Gasteiger partial charge in [0.2, 0.25) is 47.3 Å². The number of aromatic hydroxyl groups is 2. The van der Waals surface area contributed by atoms with E-state index in [4.69, 9.17) is 10.8 Å². The Morgan fingerprint density at radius 2 is 0.891 bits per heavy atom. The molecule has 0 heterocycles. The number of aliphatic hydroxyl groups is 2. The van der Waals surface area contributed by atoms with E-state index in [1.54, 1.807) is 0 Å². The second-order valence-electron chi connectivity index (χ2n) is 14.8. The van der Waals surface area contributed by atoms with Crippen molar-refractivity contribution in [3.63, 3.8) is 0 Å². The molecule has 24 nitrogen and oxygen atoms in total. The lowest BCUT2D eigenvalue weighted by Crippen LogP contribution is -2.62. The highest BCUT2D eigenvalue weighted by molar-refractivity contribution is 5.98. The molecule has 0 aromatic heterocycles. The van der Waals surface area contributed by atoms with E-state index in [2.05, 4.69) is 37.2 Å². The first kappa shape index (κ1) is 52.8. The molecule has 9 atom stereocenters. The second kappa shape index (κ2) is 24.9. The molecule has 2 aromatic carbocycles. The van der Waals surface area contributed by atoms with Gasteiger partial charge in [-0.3, -0.25) is 47.9 Å². The number of aliphatic carboxylic acids is 2. The molecule has 0 aliphatic rings. The predicted molar refractivity (Wildman–Crippen MR) is 220 cm³/mol. The molecule has 15 N–H and O–H groups in total. The van der Waals surface area contributed by atoms with Crippen LogP contribution in [0.2, 0.25) is 0 Å². The number of nitrogens with two attached hydrogens (primary N) is 1. The first-order valence-electron chi connectivity index (χ1n) is 19.6. The number of carbonyl (C=O) groups excluding carboxylic acids is 8. The van der Waals surface area contributed by atoms with Crippen LogP contribution >= 0.6 is 0 Å². The molecule has 2 rings (SSSR count). The van der Waals surface area contributed by atoms with Crippen LogP contribution in [0.3, 0.4) is 0 Å². The summed E-state index contributed by atoms with van der Waals surface area (Å²) in [6, 6.07) is -0.910. The Labute approximate surface area is 365 Å². The molecule has 0 aliphatic heterocycles. The minimum atomic E-state index is -1.87. The minimum absolute atomic E-state index is 0.156. The highest BCUT2D eigenvalue weighted by Crippen LogP contribution is 2.15. The summed E-state index contributed by atoms with van der Waals surface area (Å²) in [5.41, 5.74) is 5.88. The molecule has 64 heavy (non-hydrogen) atoms. The number of rotatable bonds is 25. The van der Waals surface area contributed by atoms with Crippen LogP contribution in [0.1, 0.15) is 58.1 Å². The van der Waals surface area contributed by atoms with Crippen LogP contribution in [-0.4, -0.2) is 144 Å². The lowest BCUT2D eigenvalue weighted by molar-refractivity contribution is -0.141. The predicted octanol–water partition coefficient (Wildman–Crippen LogP) is -4.10. The second-order valence-corrected chi connectivity index (χ2v) is 14.8. The first-order chi connectivity index (χ1) is 29.9. The fraction of sp³-hybridized carbons (Fsp3) is 0.450. The van der Waals surface area contributed by atoms with E-state index in [1.807, 2.05) is 0 Å². The van der Waals surface area contributed by atoms with Gasteiger partial charge >= 0.3 is 11.9 Å². The van der Waals surface area contributed by atoms with Crippen molar-refractivity contribution in [2.24, 2.45) is 5.73 Å². The summed E-state index contributed by atoms with van der Waals surface area (Å²) >= 11 is 0. The highest BCUT2D eigenvalue weighted by atomic mass is 16.4. The van der Waals surface area contributed by atoms with Gasteiger partial charge in [-0.05, 0) is 62.6 Å². The molecule has 8 amide bonds. The maximum atomic E-state index is 14.2. The molecule has 0 spiro atoms. The van der Waals surface area contributed by atoms with Crippen LogP contribution in [0.15, 0.2) is 48.5 Å². The minimum Gasteiger partial charge on any atom is -0.508 e. The third kappa shape index (κ3) is 17.9. The summed E-state index contributed by atoms with van der Waals surface area (Å²) in [4.78, 5) is 127. The largest absolute Gasteiger partial charge is 0.508 e. The molecule has 0 saturated carbocycles. The summed E-state index contributed by atoms with van der Waals surface area (Å²) in [5.74, 6) is -11.6. The molecule has 0 radical (unpaired) electrons. The summed E-state index contributed by atoms with van der Waals surface area (Å²) in [5, 5.41) is 75.2. The molecule has 0 fully saturated rings. The van der Waals surface area contributed by atoms with Crippen molar-refractivity contribution in [3.05, 3.63) is 59.7 Å². The van der Waals surface area contributed by atoms with Crippen LogP contribution in [0.4, 0.5) is 0 Å². The van der Waals surface area contributed by atoms with Gasteiger partial charge in [-0.15, -0.1) is 0 Å². The standard InChI is InChI=1S/C40H54N8O16/c1-18(42-21(4)51)35(59)43-26(13-14-30(54)55)36(60)47-33(20(3)50)40(64)46-28(15-22-5-9-24(52)10-6-22)37(61)45-29(16-23-7-11-25(53)12-8-23)38(62)48-32(19(2)49)39(63)44-27(34(41)58)17-31(56)57/h5-12,18-20,26-29,32-33,49-50,52-53H,13-17H2,1-4H3,(H2,41,58)(H,42,51)(H,43,59)(H,44,63)(H,45,61)(H,46,64)(H,47,60)(H,48,62)(H,54,55)(H,56,57)/t18-,19+,20+,26-,27-,28-,29-,32?,33?/m0/s1. The zero-order valence-electron chi connectivity index (χ0n) is 35.2. The number of carboxylic acids is 2. The lowest BCUT2D eigenvalue weighted by atomic mass is 10.0. The van der Waals surface area contributed by atoms with E-state index in [0.29, 0.717) is 11.1 Å². The topological polar surface area (TPSA) is 402 Å². The Hall–Kier alpha value is -7.34. The molecular formula is C40H54N8O16. The average molecular weight is 903 g/mol. The van der Waals surface area contributed by atoms with Gasteiger partial charge in [-0.1, -0.05) is 24.3 Å². The fourth-order valence-electron chi connectivity index (χ4n) is 5.87. The molecular weight excluding hydrogens is 848 g/mol. The number of carboxylic acid groups (broad SMARTS) is 2. The normalized spacial score (nSPS) is 15.1. The number of carbonyl (C=O) groups is 10. The zero-order valence-corrected chi connectivity index (χ0v) is 35.2. The number of aliphatic hydroxyl groups excluding tert-OH is 2. The summed E-state index contributed by atoms with van der Waals surface area (Å²) in [6.07, 6.45) is -6.15. The van der Waals surface area contributed by atoms with Crippen molar-refractivity contribution in [3.8, 4) is 11.5 Å². The van der Waals surface area contributed by atoms with Gasteiger partial charge in [-0.2, -0.15) is 0 Å². The number of hydrogen-bond acceptors (Lipinski definition) is 14. The monoisotopic (exact) mass is 902 g/mol. The number of benzene rings is 2. The van der Waals surface area contributed by atoms with Gasteiger partial charge in [0.05, 0.1) is 18.6 Å². The third-order valence-electron chi connectivity index (χ3n) is 9.28. The van der Waals surface area contributed by atoms with Crippen molar-refractivity contribution < 1.29 is 78.6 Å². The smallest absolute Gasteiger partial charge is 0.305 e. The van der Waals surface area contributed by atoms with E-state index in [-0.39, 0.29) is 24.3 Å². The maximum Gasteiger partial charge on any atom is 0.305 e. The van der Waals surface area contributed by atoms with E-state index >= 15 is 0 Å². The summed E-state index contributed by atoms with van der Waals surface area (Å²) in [6.45, 7) is 4.61. The van der Waals surface area contributed by atoms with Crippen LogP contribution < -0.4 is 43.0 Å². The average Bonchev–Trinajstić information content (AvgIpc) is 3.20. The molecule has 0 bridgehead atoms. The van der Waals surface area contributed by atoms with E-state index in [9.17, 15) is 73.5 Å². The van der Waals surface area contributed by atoms with Crippen LogP contribution in [0, 0.1) is 0 Å². The Balaban J connectivity index is 2.52. The third-order valence-corrected chi connectivity index (χ3v) is 9.28. The van der Waals surface area contributed by atoms with Crippen LogP contribution in [0.25, 0.3) is 0 Å². The van der Waals surface area contributed by atoms with Crippen molar-refractivity contribution in [2.45, 2.75) is 114 Å².